The Bertz CT molecular complexity index is 1080. The molecule has 0 bridgehead atoms. The van der Waals surface area contributed by atoms with Gasteiger partial charge in [-0.1, -0.05) is 29.8 Å². The molecule has 0 fully saturated rings. The molecule has 4 nitrogen and oxygen atoms in total. The van der Waals surface area contributed by atoms with Crippen LogP contribution in [-0.4, -0.2) is 27.1 Å². The average Bonchev–Trinajstić information content (AvgIpc) is 2.78. The number of allylic oxidation sites excluding steroid dienone is 1. The lowest BCUT2D eigenvalue weighted by Gasteiger charge is -2.19. The molecular formula is C26H25FO4. The number of benzene rings is 3. The van der Waals surface area contributed by atoms with E-state index in [9.17, 15) is 9.18 Å². The van der Waals surface area contributed by atoms with Gasteiger partial charge in [0.1, 0.15) is 29.7 Å². The Morgan fingerprint density at radius 3 is 2.13 bits per heavy atom. The molecule has 0 aliphatic carbocycles. The zero-order valence-corrected chi connectivity index (χ0v) is 18.1. The van der Waals surface area contributed by atoms with Gasteiger partial charge in [-0.2, -0.15) is 0 Å². The number of hydrogen-bond donors (Lipinski definition) is 0. The maximum Gasteiger partial charge on any atom is 0.154 e. The number of halogens is 1. The van der Waals surface area contributed by atoms with E-state index in [1.54, 1.807) is 25.3 Å². The number of hydrogen-bond acceptors (Lipinski definition) is 4. The molecule has 0 N–H and O–H groups in total. The third kappa shape index (κ3) is 4.94. The third-order valence-corrected chi connectivity index (χ3v) is 4.86. The van der Waals surface area contributed by atoms with Gasteiger partial charge in [-0.3, -0.25) is 4.79 Å². The second-order valence-electron chi connectivity index (χ2n) is 7.19. The second-order valence-corrected chi connectivity index (χ2v) is 7.19. The van der Waals surface area contributed by atoms with E-state index in [1.165, 1.54) is 24.8 Å². The molecule has 3 rings (SSSR count). The lowest BCUT2D eigenvalue weighted by Crippen LogP contribution is -2.01. The fourth-order valence-corrected chi connectivity index (χ4v) is 3.32. The van der Waals surface area contributed by atoms with Crippen LogP contribution in [-0.2, 0) is 0 Å². The molecule has 3 aromatic rings. The van der Waals surface area contributed by atoms with Crippen LogP contribution < -0.4 is 14.2 Å². The highest BCUT2D eigenvalue weighted by Crippen LogP contribution is 2.44. The van der Waals surface area contributed by atoms with Crippen LogP contribution in [0.4, 0.5) is 4.39 Å². The Labute approximate surface area is 181 Å². The van der Waals surface area contributed by atoms with Gasteiger partial charge in [-0.15, -0.1) is 0 Å². The van der Waals surface area contributed by atoms with Crippen molar-refractivity contribution in [3.8, 4) is 39.5 Å². The summed E-state index contributed by atoms with van der Waals surface area (Å²) in [5, 5.41) is 0. The molecule has 0 radical (unpaired) electrons. The van der Waals surface area contributed by atoms with Gasteiger partial charge in [-0.25, -0.2) is 4.39 Å². The van der Waals surface area contributed by atoms with Crippen LogP contribution >= 0.6 is 0 Å². The molecule has 5 heteroatoms. The molecule has 0 spiro atoms. The quantitative estimate of drug-likeness (QED) is 0.315. The molecule has 0 aliphatic rings. The highest BCUT2D eigenvalue weighted by molar-refractivity contribution is 5.98. The highest BCUT2D eigenvalue weighted by atomic mass is 19.1. The monoisotopic (exact) mass is 420 g/mol. The molecule has 0 atom stereocenters. The summed E-state index contributed by atoms with van der Waals surface area (Å²) in [6.45, 7) is 4.52. The number of carbonyl (C=O) groups is 1. The van der Waals surface area contributed by atoms with Gasteiger partial charge in [0.25, 0.3) is 0 Å². The second kappa shape index (κ2) is 9.94. The lowest BCUT2D eigenvalue weighted by atomic mass is 9.93. The SMILES string of the molecule is COc1cc(-c2ccc(F)cc2)c(OC)c(C=O)c1-c1ccc(OCC=C(C)C)cc1. The van der Waals surface area contributed by atoms with Crippen molar-refractivity contribution in [3.63, 3.8) is 0 Å². The van der Waals surface area contributed by atoms with Crippen molar-refractivity contribution in [2.24, 2.45) is 0 Å². The Kier molecular flexibility index (Phi) is 7.08. The van der Waals surface area contributed by atoms with Gasteiger partial charge in [0, 0.05) is 11.1 Å². The molecule has 0 heterocycles. The van der Waals surface area contributed by atoms with E-state index < -0.39 is 0 Å². The molecule has 0 aromatic heterocycles. The van der Waals surface area contributed by atoms with E-state index in [1.807, 2.05) is 44.2 Å². The molecule has 0 saturated heterocycles. The Hall–Kier alpha value is -3.60. The molecule has 0 aliphatic heterocycles. The summed E-state index contributed by atoms with van der Waals surface area (Å²) in [5.74, 6) is 1.30. The summed E-state index contributed by atoms with van der Waals surface area (Å²) in [7, 11) is 3.05. The predicted molar refractivity (Wildman–Crippen MR) is 121 cm³/mol. The van der Waals surface area contributed by atoms with Gasteiger partial charge >= 0.3 is 0 Å². The van der Waals surface area contributed by atoms with Crippen molar-refractivity contribution in [3.05, 3.63) is 77.6 Å². The van der Waals surface area contributed by atoms with E-state index in [4.69, 9.17) is 14.2 Å². The first-order valence-electron chi connectivity index (χ1n) is 9.85. The van der Waals surface area contributed by atoms with E-state index in [0.29, 0.717) is 40.4 Å². The summed E-state index contributed by atoms with van der Waals surface area (Å²) >= 11 is 0. The maximum absolute atomic E-state index is 13.4. The minimum Gasteiger partial charge on any atom is -0.496 e. The van der Waals surface area contributed by atoms with Crippen LogP contribution in [0.3, 0.4) is 0 Å². The highest BCUT2D eigenvalue weighted by Gasteiger charge is 2.21. The van der Waals surface area contributed by atoms with Crippen LogP contribution in [0.1, 0.15) is 24.2 Å². The first-order valence-corrected chi connectivity index (χ1v) is 9.85. The predicted octanol–water partition coefficient (Wildman–Crippen LogP) is 6.33. The number of carbonyl (C=O) groups excluding carboxylic acids is 1. The third-order valence-electron chi connectivity index (χ3n) is 4.86. The van der Waals surface area contributed by atoms with Crippen molar-refractivity contribution in [2.45, 2.75) is 13.8 Å². The summed E-state index contributed by atoms with van der Waals surface area (Å²) < 4.78 is 30.3. The molecule has 31 heavy (non-hydrogen) atoms. The van der Waals surface area contributed by atoms with Crippen molar-refractivity contribution in [1.29, 1.82) is 0 Å². The van der Waals surface area contributed by atoms with Crippen LogP contribution in [0.25, 0.3) is 22.3 Å². The van der Waals surface area contributed by atoms with Gasteiger partial charge in [-0.05, 0) is 61.4 Å². The fraction of sp³-hybridized carbons (Fsp3) is 0.192. The van der Waals surface area contributed by atoms with Crippen LogP contribution in [0, 0.1) is 5.82 Å². The van der Waals surface area contributed by atoms with Crippen LogP contribution in [0.5, 0.6) is 17.2 Å². The van der Waals surface area contributed by atoms with E-state index in [-0.39, 0.29) is 5.82 Å². The summed E-state index contributed by atoms with van der Waals surface area (Å²) in [6, 6.07) is 15.3. The molecule has 0 unspecified atom stereocenters. The first kappa shape index (κ1) is 22.1. The number of aldehydes is 1. The number of rotatable bonds is 8. The molecule has 3 aromatic carbocycles. The van der Waals surface area contributed by atoms with Crippen molar-refractivity contribution in [2.75, 3.05) is 20.8 Å². The van der Waals surface area contributed by atoms with Gasteiger partial charge < -0.3 is 14.2 Å². The van der Waals surface area contributed by atoms with Crippen molar-refractivity contribution < 1.29 is 23.4 Å². The van der Waals surface area contributed by atoms with Gasteiger partial charge in [0.15, 0.2) is 6.29 Å². The van der Waals surface area contributed by atoms with Crippen LogP contribution in [0.2, 0.25) is 0 Å². The molecule has 160 valence electrons. The molecule has 0 saturated carbocycles. The maximum atomic E-state index is 13.4. The normalized spacial score (nSPS) is 10.4. The standard InChI is InChI=1S/C26H25FO4/c1-17(2)13-14-31-21-11-7-19(8-12-21)25-23(16-28)26(30-4)22(15-24(25)29-3)18-5-9-20(27)10-6-18/h5-13,15-16H,14H2,1-4H3. The summed E-state index contributed by atoms with van der Waals surface area (Å²) in [4.78, 5) is 12.1. The van der Waals surface area contributed by atoms with Crippen molar-refractivity contribution >= 4 is 6.29 Å². The number of ether oxygens (including phenoxy) is 3. The van der Waals surface area contributed by atoms with Crippen LogP contribution in [0.15, 0.2) is 66.2 Å². The average molecular weight is 420 g/mol. The lowest BCUT2D eigenvalue weighted by molar-refractivity contribution is 0.112. The van der Waals surface area contributed by atoms with Crippen molar-refractivity contribution in [1.82, 2.24) is 0 Å². The van der Waals surface area contributed by atoms with Gasteiger partial charge in [0.05, 0.1) is 19.8 Å². The van der Waals surface area contributed by atoms with E-state index in [2.05, 4.69) is 0 Å². The summed E-state index contributed by atoms with van der Waals surface area (Å²) in [6.07, 6.45) is 2.75. The summed E-state index contributed by atoms with van der Waals surface area (Å²) in [5.41, 5.74) is 4.32. The van der Waals surface area contributed by atoms with Gasteiger partial charge in [0.2, 0.25) is 0 Å². The molecule has 0 amide bonds. The zero-order valence-electron chi connectivity index (χ0n) is 18.1. The zero-order chi connectivity index (χ0) is 22.4. The smallest absolute Gasteiger partial charge is 0.154 e. The topological polar surface area (TPSA) is 44.8 Å². The largest absolute Gasteiger partial charge is 0.496 e. The van der Waals surface area contributed by atoms with E-state index >= 15 is 0 Å². The Morgan fingerprint density at radius 1 is 0.935 bits per heavy atom. The Balaban J connectivity index is 2.09. The minimum atomic E-state index is -0.339. The minimum absolute atomic E-state index is 0.339. The number of methoxy groups -OCH3 is 2. The Morgan fingerprint density at radius 2 is 1.58 bits per heavy atom. The van der Waals surface area contributed by atoms with E-state index in [0.717, 1.165) is 17.6 Å². The fourth-order valence-electron chi connectivity index (χ4n) is 3.32. The molecular weight excluding hydrogens is 395 g/mol. The first-order chi connectivity index (χ1) is 15.0.